The fourth-order valence-corrected chi connectivity index (χ4v) is 3.99. The third kappa shape index (κ3) is 5.30. The van der Waals surface area contributed by atoms with Gasteiger partial charge in [-0.15, -0.1) is 0 Å². The third-order valence-corrected chi connectivity index (χ3v) is 5.97. The molecule has 1 fully saturated rings. The summed E-state index contributed by atoms with van der Waals surface area (Å²) in [6, 6.07) is 7.42. The smallest absolute Gasteiger partial charge is 0.412 e. The number of hydrogen-bond acceptors (Lipinski definition) is 5. The summed E-state index contributed by atoms with van der Waals surface area (Å²) in [4.78, 5) is 12.5. The van der Waals surface area contributed by atoms with E-state index in [9.17, 15) is 13.6 Å². The Morgan fingerprint density at radius 2 is 2.00 bits per heavy atom. The fraction of sp³-hybridized carbons (Fsp3) is 0.440. The van der Waals surface area contributed by atoms with Crippen LogP contribution in [0.5, 0.6) is 11.6 Å². The number of halogens is 2. The van der Waals surface area contributed by atoms with Gasteiger partial charge in [-0.25, -0.2) is 13.6 Å². The third-order valence-electron chi connectivity index (χ3n) is 5.97. The fourth-order valence-electron chi connectivity index (χ4n) is 3.99. The number of ether oxygens (including phenoxy) is 2. The largest absolute Gasteiger partial charge is 0.473 e. The van der Waals surface area contributed by atoms with Gasteiger partial charge in [-0.05, 0) is 62.8 Å². The molecule has 3 aromatic rings. The second kappa shape index (κ2) is 9.58. The van der Waals surface area contributed by atoms with E-state index in [-0.39, 0.29) is 18.7 Å². The van der Waals surface area contributed by atoms with E-state index in [1.807, 2.05) is 26.0 Å². The molecule has 9 heteroatoms. The number of benzene rings is 1. The van der Waals surface area contributed by atoms with Crippen molar-refractivity contribution in [3.63, 3.8) is 0 Å². The van der Waals surface area contributed by atoms with Crippen molar-refractivity contribution < 1.29 is 23.0 Å². The summed E-state index contributed by atoms with van der Waals surface area (Å²) in [6.07, 6.45) is 3.11. The Hall–Kier alpha value is -3.20. The van der Waals surface area contributed by atoms with Crippen molar-refractivity contribution in [2.75, 3.05) is 6.54 Å². The monoisotopic (exact) mass is 472 g/mol. The van der Waals surface area contributed by atoms with Crippen molar-refractivity contribution in [1.29, 1.82) is 0 Å². The van der Waals surface area contributed by atoms with E-state index >= 15 is 0 Å². The molecule has 0 spiro atoms. The van der Waals surface area contributed by atoms with E-state index in [4.69, 9.17) is 15.2 Å². The number of fused-ring (bicyclic) bond motifs is 1. The van der Waals surface area contributed by atoms with Gasteiger partial charge in [0.25, 0.3) is 0 Å². The van der Waals surface area contributed by atoms with E-state index in [2.05, 4.69) is 10.4 Å². The zero-order valence-corrected chi connectivity index (χ0v) is 19.7. The molecule has 2 aromatic heterocycles. The number of aromatic nitrogens is 2. The second-order valence-electron chi connectivity index (χ2n) is 9.25. The molecule has 1 saturated carbocycles. The zero-order valence-electron chi connectivity index (χ0n) is 19.7. The number of pyridine rings is 1. The molecule has 0 radical (unpaired) electrons. The molecule has 0 saturated heterocycles. The molecule has 1 amide bonds. The summed E-state index contributed by atoms with van der Waals surface area (Å²) in [7, 11) is 0. The van der Waals surface area contributed by atoms with Gasteiger partial charge >= 0.3 is 6.09 Å². The highest BCUT2D eigenvalue weighted by Gasteiger charge is 2.27. The van der Waals surface area contributed by atoms with Crippen LogP contribution in [-0.2, 0) is 6.61 Å². The number of rotatable bonds is 9. The number of aryl methyl sites for hydroxylation is 1. The summed E-state index contributed by atoms with van der Waals surface area (Å²) in [5, 5.41) is 7.18. The lowest BCUT2D eigenvalue weighted by atomic mass is 9.98. The topological polar surface area (TPSA) is 90.9 Å². The van der Waals surface area contributed by atoms with Crippen LogP contribution in [0.15, 0.2) is 30.3 Å². The predicted octanol–water partition coefficient (Wildman–Crippen LogP) is 4.98. The number of nitrogens with zero attached hydrogens (tertiary/aromatic N) is 2. The minimum Gasteiger partial charge on any atom is -0.473 e. The quantitative estimate of drug-likeness (QED) is 0.458. The van der Waals surface area contributed by atoms with Gasteiger partial charge in [0.15, 0.2) is 5.75 Å². The predicted molar refractivity (Wildman–Crippen MR) is 124 cm³/mol. The Balaban J connectivity index is 1.60. The van der Waals surface area contributed by atoms with E-state index in [1.165, 1.54) is 22.7 Å². The summed E-state index contributed by atoms with van der Waals surface area (Å²) in [5.74, 6) is -0.376. The minimum atomic E-state index is -0.679. The van der Waals surface area contributed by atoms with Gasteiger partial charge < -0.3 is 20.5 Å². The van der Waals surface area contributed by atoms with Crippen LogP contribution < -0.4 is 20.5 Å². The molecule has 1 aromatic carbocycles. The Morgan fingerprint density at radius 1 is 1.29 bits per heavy atom. The SMILES string of the molecule is CCCC(C)(N)CNC(=O)Oc1c(C)nn2c(OCc3c(F)cccc3F)cc(C3CC3)cc12. The lowest BCUT2D eigenvalue weighted by Gasteiger charge is -2.23. The first-order valence-corrected chi connectivity index (χ1v) is 11.5. The number of nitrogens with two attached hydrogens (primary N) is 1. The average molecular weight is 473 g/mol. The van der Waals surface area contributed by atoms with Gasteiger partial charge in [-0.3, -0.25) is 0 Å². The van der Waals surface area contributed by atoms with Gasteiger partial charge in [0.05, 0.1) is 5.56 Å². The lowest BCUT2D eigenvalue weighted by Crippen LogP contribution is -2.48. The number of carbonyl (C=O) groups is 1. The van der Waals surface area contributed by atoms with Crippen molar-refractivity contribution in [2.45, 2.75) is 64.5 Å². The molecule has 182 valence electrons. The summed E-state index contributed by atoms with van der Waals surface area (Å²) in [5.41, 5.74) is 7.52. The molecular weight excluding hydrogens is 442 g/mol. The van der Waals surface area contributed by atoms with Crippen LogP contribution >= 0.6 is 0 Å². The number of nitrogens with one attached hydrogen (secondary N) is 1. The van der Waals surface area contributed by atoms with E-state index < -0.39 is 23.3 Å². The van der Waals surface area contributed by atoms with Crippen LogP contribution in [0.3, 0.4) is 0 Å². The molecule has 4 rings (SSSR count). The van der Waals surface area contributed by atoms with Crippen LogP contribution in [-0.4, -0.2) is 27.8 Å². The normalized spacial score (nSPS) is 15.2. The van der Waals surface area contributed by atoms with Crippen LogP contribution in [0, 0.1) is 18.6 Å². The molecule has 2 heterocycles. The van der Waals surface area contributed by atoms with Gasteiger partial charge in [0, 0.05) is 18.2 Å². The van der Waals surface area contributed by atoms with Crippen molar-refractivity contribution in [2.24, 2.45) is 5.73 Å². The van der Waals surface area contributed by atoms with Gasteiger partial charge in [-0.1, -0.05) is 19.4 Å². The highest BCUT2D eigenvalue weighted by molar-refractivity contribution is 5.76. The second-order valence-corrected chi connectivity index (χ2v) is 9.25. The van der Waals surface area contributed by atoms with Crippen LogP contribution in [0.2, 0.25) is 0 Å². The van der Waals surface area contributed by atoms with Crippen molar-refractivity contribution in [3.8, 4) is 11.6 Å². The number of amides is 1. The summed E-state index contributed by atoms with van der Waals surface area (Å²) in [6.45, 7) is 5.60. The Kier molecular flexibility index (Phi) is 6.74. The maximum absolute atomic E-state index is 14.1. The van der Waals surface area contributed by atoms with Gasteiger partial charge in [-0.2, -0.15) is 9.61 Å². The standard InChI is InChI=1S/C25H30F2N4O3/c1-4-10-25(3,28)14-29-24(32)34-23-15(2)30-31-21(23)11-17(16-8-9-16)12-22(31)33-13-18-19(26)6-5-7-20(18)27/h5-7,11-12,16H,4,8-10,13-14,28H2,1-3H3,(H,29,32). The highest BCUT2D eigenvalue weighted by Crippen LogP contribution is 2.43. The Labute approximate surface area is 197 Å². The van der Waals surface area contributed by atoms with E-state index in [1.54, 1.807) is 6.92 Å². The molecule has 1 aliphatic carbocycles. The van der Waals surface area contributed by atoms with Crippen molar-refractivity contribution in [1.82, 2.24) is 14.9 Å². The van der Waals surface area contributed by atoms with Gasteiger partial charge in [0.1, 0.15) is 29.5 Å². The van der Waals surface area contributed by atoms with E-state index in [0.717, 1.165) is 31.2 Å². The first-order valence-electron chi connectivity index (χ1n) is 11.5. The number of hydrogen-bond donors (Lipinski definition) is 2. The molecule has 1 aliphatic rings. The summed E-state index contributed by atoms with van der Waals surface area (Å²) >= 11 is 0. The first-order chi connectivity index (χ1) is 16.2. The molecule has 34 heavy (non-hydrogen) atoms. The Bertz CT molecular complexity index is 1180. The maximum Gasteiger partial charge on any atom is 0.412 e. The van der Waals surface area contributed by atoms with Crippen LogP contribution in [0.1, 0.15) is 62.3 Å². The molecule has 1 atom stereocenters. The average Bonchev–Trinajstić information content (AvgIpc) is 3.57. The zero-order chi connectivity index (χ0) is 24.5. The minimum absolute atomic E-state index is 0.163. The van der Waals surface area contributed by atoms with Crippen LogP contribution in [0.4, 0.5) is 13.6 Å². The van der Waals surface area contributed by atoms with Crippen molar-refractivity contribution >= 4 is 11.6 Å². The lowest BCUT2D eigenvalue weighted by molar-refractivity contribution is 0.197. The molecule has 1 unspecified atom stereocenters. The Morgan fingerprint density at radius 3 is 2.65 bits per heavy atom. The highest BCUT2D eigenvalue weighted by atomic mass is 19.1. The summed E-state index contributed by atoms with van der Waals surface area (Å²) < 4.78 is 41.1. The molecular formula is C25H30F2N4O3. The van der Waals surface area contributed by atoms with Gasteiger partial charge in [0.2, 0.25) is 5.88 Å². The van der Waals surface area contributed by atoms with E-state index in [0.29, 0.717) is 28.8 Å². The first kappa shape index (κ1) is 23.9. The molecule has 3 N–H and O–H groups in total. The molecule has 0 aliphatic heterocycles. The van der Waals surface area contributed by atoms with Crippen molar-refractivity contribution in [3.05, 3.63) is 58.8 Å². The molecule has 7 nitrogen and oxygen atoms in total. The maximum atomic E-state index is 14.1. The van der Waals surface area contributed by atoms with Crippen LogP contribution in [0.25, 0.3) is 5.52 Å². The number of carbonyl (C=O) groups excluding carboxylic acids is 1. The molecule has 0 bridgehead atoms.